The summed E-state index contributed by atoms with van der Waals surface area (Å²) in [6.07, 6.45) is 3.32. The molecule has 0 saturated carbocycles. The molecule has 1 amide bonds. The lowest BCUT2D eigenvalue weighted by molar-refractivity contribution is 0.102. The van der Waals surface area contributed by atoms with Crippen molar-refractivity contribution in [1.82, 2.24) is 4.98 Å². The Balaban J connectivity index is 1.85. The minimum absolute atomic E-state index is 0.229. The van der Waals surface area contributed by atoms with Crippen LogP contribution in [0.25, 0.3) is 0 Å². The second kappa shape index (κ2) is 8.16. The summed E-state index contributed by atoms with van der Waals surface area (Å²) >= 11 is 0. The van der Waals surface area contributed by atoms with Crippen LogP contribution in [-0.2, 0) is 0 Å². The SMILES string of the molecule is CCN(c1ccccc1)c1cncc(C(=O)Nc2ccccc2OC)c1. The molecule has 0 aliphatic carbocycles. The van der Waals surface area contributed by atoms with E-state index in [2.05, 4.69) is 22.1 Å². The number of hydrogen-bond acceptors (Lipinski definition) is 4. The molecule has 0 bridgehead atoms. The molecule has 5 nitrogen and oxygen atoms in total. The molecule has 0 aliphatic heterocycles. The predicted octanol–water partition coefficient (Wildman–Crippen LogP) is 4.50. The standard InChI is InChI=1S/C21H21N3O2/c1-3-24(17-9-5-4-6-10-17)18-13-16(14-22-15-18)21(25)23-19-11-7-8-12-20(19)26-2/h4-15H,3H2,1-2H3,(H,23,25). The van der Waals surface area contributed by atoms with Gasteiger partial charge in [-0.25, -0.2) is 0 Å². The molecule has 3 aromatic rings. The van der Waals surface area contributed by atoms with Crippen molar-refractivity contribution in [2.24, 2.45) is 0 Å². The topological polar surface area (TPSA) is 54.5 Å². The van der Waals surface area contributed by atoms with Crippen molar-refractivity contribution in [2.45, 2.75) is 6.92 Å². The van der Waals surface area contributed by atoms with Crippen LogP contribution in [0.2, 0.25) is 0 Å². The zero-order chi connectivity index (χ0) is 18.4. The quantitative estimate of drug-likeness (QED) is 0.713. The number of amides is 1. The number of ether oxygens (including phenoxy) is 1. The van der Waals surface area contributed by atoms with Crippen LogP contribution in [0.5, 0.6) is 5.75 Å². The minimum atomic E-state index is -0.229. The van der Waals surface area contributed by atoms with Gasteiger partial charge in [0.1, 0.15) is 5.75 Å². The Kier molecular flexibility index (Phi) is 5.49. The fraction of sp³-hybridized carbons (Fsp3) is 0.143. The second-order valence-corrected chi connectivity index (χ2v) is 5.67. The van der Waals surface area contributed by atoms with Crippen molar-refractivity contribution >= 4 is 23.0 Å². The molecule has 5 heteroatoms. The fourth-order valence-corrected chi connectivity index (χ4v) is 2.76. The third-order valence-corrected chi connectivity index (χ3v) is 4.04. The number of nitrogens with one attached hydrogen (secondary N) is 1. The first kappa shape index (κ1) is 17.5. The molecular formula is C21H21N3O2. The first-order valence-electron chi connectivity index (χ1n) is 8.45. The summed E-state index contributed by atoms with van der Waals surface area (Å²) in [7, 11) is 1.58. The maximum Gasteiger partial charge on any atom is 0.257 e. The summed E-state index contributed by atoms with van der Waals surface area (Å²) in [5, 5.41) is 2.88. The van der Waals surface area contributed by atoms with E-state index in [9.17, 15) is 4.79 Å². The number of nitrogens with zero attached hydrogens (tertiary/aromatic N) is 2. The summed E-state index contributed by atoms with van der Waals surface area (Å²) in [5.41, 5.74) is 3.04. The molecule has 2 aromatic carbocycles. The van der Waals surface area contributed by atoms with Gasteiger partial charge in [0.05, 0.1) is 30.2 Å². The first-order chi connectivity index (χ1) is 12.7. The number of carbonyl (C=O) groups excluding carboxylic acids is 1. The van der Waals surface area contributed by atoms with E-state index in [1.54, 1.807) is 31.6 Å². The molecule has 0 atom stereocenters. The lowest BCUT2D eigenvalue weighted by atomic mass is 10.2. The van der Waals surface area contributed by atoms with Crippen LogP contribution < -0.4 is 15.0 Å². The summed E-state index contributed by atoms with van der Waals surface area (Å²) in [4.78, 5) is 19.0. The molecule has 0 fully saturated rings. The summed E-state index contributed by atoms with van der Waals surface area (Å²) in [5.74, 6) is 0.386. The van der Waals surface area contributed by atoms with Crippen molar-refractivity contribution in [2.75, 3.05) is 23.9 Å². The maximum absolute atomic E-state index is 12.7. The number of rotatable bonds is 6. The molecule has 0 spiro atoms. The van der Waals surface area contributed by atoms with E-state index in [4.69, 9.17) is 4.74 Å². The van der Waals surface area contributed by atoms with Crippen LogP contribution in [0.3, 0.4) is 0 Å². The zero-order valence-corrected chi connectivity index (χ0v) is 14.8. The van der Waals surface area contributed by atoms with Crippen LogP contribution in [-0.4, -0.2) is 24.5 Å². The monoisotopic (exact) mass is 347 g/mol. The van der Waals surface area contributed by atoms with E-state index in [1.807, 2.05) is 48.5 Å². The highest BCUT2D eigenvalue weighted by Crippen LogP contribution is 2.26. The molecule has 3 rings (SSSR count). The number of hydrogen-bond donors (Lipinski definition) is 1. The Morgan fingerprint density at radius 2 is 1.77 bits per heavy atom. The molecule has 0 radical (unpaired) electrons. The molecule has 1 heterocycles. The van der Waals surface area contributed by atoms with Crippen molar-refractivity contribution in [1.29, 1.82) is 0 Å². The van der Waals surface area contributed by atoms with Gasteiger partial charge in [-0.15, -0.1) is 0 Å². The van der Waals surface area contributed by atoms with Gasteiger partial charge in [0.15, 0.2) is 0 Å². The highest BCUT2D eigenvalue weighted by atomic mass is 16.5. The first-order valence-corrected chi connectivity index (χ1v) is 8.45. The van der Waals surface area contributed by atoms with Gasteiger partial charge >= 0.3 is 0 Å². The van der Waals surface area contributed by atoms with Crippen LogP contribution >= 0.6 is 0 Å². The zero-order valence-electron chi connectivity index (χ0n) is 14.8. The van der Waals surface area contributed by atoms with Crippen LogP contribution in [0, 0.1) is 0 Å². The van der Waals surface area contributed by atoms with Crippen molar-refractivity contribution in [3.05, 3.63) is 78.6 Å². The molecule has 1 aromatic heterocycles. The van der Waals surface area contributed by atoms with E-state index in [-0.39, 0.29) is 5.91 Å². The molecule has 0 unspecified atom stereocenters. The lowest BCUT2D eigenvalue weighted by Crippen LogP contribution is -2.18. The largest absolute Gasteiger partial charge is 0.495 e. The number of aromatic nitrogens is 1. The Labute approximate surface area is 153 Å². The molecule has 0 aliphatic rings. The molecule has 1 N–H and O–H groups in total. The Morgan fingerprint density at radius 3 is 2.50 bits per heavy atom. The number of benzene rings is 2. The van der Waals surface area contributed by atoms with Crippen LogP contribution in [0.15, 0.2) is 73.1 Å². The van der Waals surface area contributed by atoms with E-state index < -0.39 is 0 Å². The van der Waals surface area contributed by atoms with Crippen LogP contribution in [0.1, 0.15) is 17.3 Å². The Hall–Kier alpha value is -3.34. The van der Waals surface area contributed by atoms with Gasteiger partial charge in [0.25, 0.3) is 5.91 Å². The average molecular weight is 347 g/mol. The number of carbonyl (C=O) groups is 1. The van der Waals surface area contributed by atoms with Gasteiger partial charge < -0.3 is 15.0 Å². The predicted molar refractivity (Wildman–Crippen MR) is 104 cm³/mol. The van der Waals surface area contributed by atoms with Crippen molar-refractivity contribution in [3.8, 4) is 5.75 Å². The molecule has 0 saturated heterocycles. The minimum Gasteiger partial charge on any atom is -0.495 e. The van der Waals surface area contributed by atoms with Gasteiger partial charge in [-0.3, -0.25) is 9.78 Å². The highest BCUT2D eigenvalue weighted by molar-refractivity contribution is 6.05. The third kappa shape index (κ3) is 3.83. The van der Waals surface area contributed by atoms with Gasteiger partial charge in [-0.1, -0.05) is 30.3 Å². The Bertz CT molecular complexity index is 881. The fourth-order valence-electron chi connectivity index (χ4n) is 2.76. The van der Waals surface area contributed by atoms with E-state index in [0.717, 1.165) is 17.9 Å². The van der Waals surface area contributed by atoms with Gasteiger partial charge in [-0.2, -0.15) is 0 Å². The molecule has 26 heavy (non-hydrogen) atoms. The number of para-hydroxylation sites is 3. The number of anilines is 3. The molecule has 132 valence electrons. The van der Waals surface area contributed by atoms with Crippen molar-refractivity contribution in [3.63, 3.8) is 0 Å². The van der Waals surface area contributed by atoms with Crippen molar-refractivity contribution < 1.29 is 9.53 Å². The Morgan fingerprint density at radius 1 is 1.04 bits per heavy atom. The van der Waals surface area contributed by atoms with Gasteiger partial charge in [-0.05, 0) is 37.3 Å². The average Bonchev–Trinajstić information content (AvgIpc) is 2.70. The maximum atomic E-state index is 12.7. The second-order valence-electron chi connectivity index (χ2n) is 5.67. The highest BCUT2D eigenvalue weighted by Gasteiger charge is 2.13. The lowest BCUT2D eigenvalue weighted by Gasteiger charge is -2.23. The summed E-state index contributed by atoms with van der Waals surface area (Å²) in [6.45, 7) is 2.83. The molecular weight excluding hydrogens is 326 g/mol. The summed E-state index contributed by atoms with van der Waals surface area (Å²) < 4.78 is 5.28. The van der Waals surface area contributed by atoms with E-state index >= 15 is 0 Å². The number of methoxy groups -OCH3 is 1. The summed E-state index contributed by atoms with van der Waals surface area (Å²) in [6, 6.07) is 19.2. The number of pyridine rings is 1. The van der Waals surface area contributed by atoms with E-state index in [0.29, 0.717) is 17.0 Å². The smallest absolute Gasteiger partial charge is 0.257 e. The normalized spacial score (nSPS) is 10.2. The van der Waals surface area contributed by atoms with E-state index in [1.165, 1.54) is 0 Å². The van der Waals surface area contributed by atoms with Gasteiger partial charge in [0, 0.05) is 18.4 Å². The third-order valence-electron chi connectivity index (χ3n) is 4.04. The van der Waals surface area contributed by atoms with Crippen LogP contribution in [0.4, 0.5) is 17.1 Å². The van der Waals surface area contributed by atoms with Gasteiger partial charge in [0.2, 0.25) is 0 Å².